The summed E-state index contributed by atoms with van der Waals surface area (Å²) in [6.45, 7) is 1.68. The molecule has 0 aromatic carbocycles. The Kier molecular flexibility index (Phi) is 2.74. The Hall–Kier alpha value is -1.01. The van der Waals surface area contributed by atoms with E-state index in [2.05, 4.69) is 9.59 Å². The molecule has 0 aliphatic carbocycles. The van der Waals surface area contributed by atoms with Gasteiger partial charge < -0.3 is 5.11 Å². The predicted octanol–water partition coefficient (Wildman–Crippen LogP) is 0.760. The van der Waals surface area contributed by atoms with Gasteiger partial charge in [-0.3, -0.25) is 9.69 Å². The molecule has 1 fully saturated rings. The zero-order valence-corrected chi connectivity index (χ0v) is 8.40. The molecule has 1 unspecified atom stereocenters. The SMILES string of the molecule is O=C(O)C(c1csnn1)N1CCCC1. The second kappa shape index (κ2) is 4.02. The molecule has 1 aliphatic heterocycles. The van der Waals surface area contributed by atoms with Crippen LogP contribution in [0.2, 0.25) is 0 Å². The lowest BCUT2D eigenvalue weighted by atomic mass is 10.2. The number of hydrogen-bond acceptors (Lipinski definition) is 5. The Labute approximate surface area is 85.5 Å². The molecule has 0 radical (unpaired) electrons. The van der Waals surface area contributed by atoms with Gasteiger partial charge in [-0.2, -0.15) is 0 Å². The fourth-order valence-electron chi connectivity index (χ4n) is 1.76. The number of hydrogen-bond donors (Lipinski definition) is 1. The molecule has 14 heavy (non-hydrogen) atoms. The van der Waals surface area contributed by atoms with Crippen LogP contribution >= 0.6 is 11.5 Å². The largest absolute Gasteiger partial charge is 0.480 e. The van der Waals surface area contributed by atoms with Crippen LogP contribution in [0, 0.1) is 0 Å². The standard InChI is InChI=1S/C8H11N3O2S/c12-8(13)7(6-5-14-10-9-6)11-3-1-2-4-11/h5,7H,1-4H2,(H,12,13). The van der Waals surface area contributed by atoms with Gasteiger partial charge in [0.05, 0.1) is 0 Å². The first-order valence-corrected chi connectivity index (χ1v) is 5.36. The highest BCUT2D eigenvalue weighted by Gasteiger charge is 2.31. The molecule has 1 saturated heterocycles. The van der Waals surface area contributed by atoms with Crippen LogP contribution in [-0.4, -0.2) is 38.7 Å². The number of carboxylic acid groups (broad SMARTS) is 1. The van der Waals surface area contributed by atoms with E-state index < -0.39 is 12.0 Å². The molecule has 0 saturated carbocycles. The summed E-state index contributed by atoms with van der Waals surface area (Å²) in [6.07, 6.45) is 2.14. The van der Waals surface area contributed by atoms with E-state index in [1.807, 2.05) is 4.90 Å². The van der Waals surface area contributed by atoms with Crippen LogP contribution in [-0.2, 0) is 4.79 Å². The van der Waals surface area contributed by atoms with Gasteiger partial charge in [0, 0.05) is 5.38 Å². The van der Waals surface area contributed by atoms with Gasteiger partial charge in [0.2, 0.25) is 0 Å². The number of aromatic nitrogens is 2. The van der Waals surface area contributed by atoms with Crippen molar-refractivity contribution in [2.45, 2.75) is 18.9 Å². The molecule has 0 spiro atoms. The van der Waals surface area contributed by atoms with E-state index in [1.165, 1.54) is 11.5 Å². The van der Waals surface area contributed by atoms with Gasteiger partial charge in [-0.05, 0) is 37.5 Å². The summed E-state index contributed by atoms with van der Waals surface area (Å²) in [7, 11) is 0. The number of carbonyl (C=O) groups is 1. The van der Waals surface area contributed by atoms with Crippen LogP contribution in [0.1, 0.15) is 24.6 Å². The number of aliphatic carboxylic acids is 1. The lowest BCUT2D eigenvalue weighted by Crippen LogP contribution is -2.31. The first-order valence-electron chi connectivity index (χ1n) is 4.53. The van der Waals surface area contributed by atoms with Crippen LogP contribution in [0.4, 0.5) is 0 Å². The fraction of sp³-hybridized carbons (Fsp3) is 0.625. The van der Waals surface area contributed by atoms with Gasteiger partial charge in [0.1, 0.15) is 5.69 Å². The van der Waals surface area contributed by atoms with E-state index in [-0.39, 0.29) is 0 Å². The minimum atomic E-state index is -0.834. The highest BCUT2D eigenvalue weighted by Crippen LogP contribution is 2.24. The zero-order chi connectivity index (χ0) is 9.97. The summed E-state index contributed by atoms with van der Waals surface area (Å²) in [5.41, 5.74) is 0.560. The van der Waals surface area contributed by atoms with Crippen molar-refractivity contribution in [2.75, 3.05) is 13.1 Å². The quantitative estimate of drug-likeness (QED) is 0.803. The molecule has 1 aromatic heterocycles. The average Bonchev–Trinajstić information content (AvgIpc) is 2.75. The zero-order valence-electron chi connectivity index (χ0n) is 7.59. The highest BCUT2D eigenvalue weighted by molar-refractivity contribution is 7.03. The van der Waals surface area contributed by atoms with Crippen molar-refractivity contribution in [3.63, 3.8) is 0 Å². The molecule has 76 valence electrons. The van der Waals surface area contributed by atoms with Gasteiger partial charge in [-0.25, -0.2) is 0 Å². The fourth-order valence-corrected chi connectivity index (χ4v) is 2.23. The van der Waals surface area contributed by atoms with E-state index in [0.29, 0.717) is 5.69 Å². The molecule has 2 heterocycles. The molecule has 6 heteroatoms. The molecule has 2 rings (SSSR count). The third-order valence-electron chi connectivity index (χ3n) is 2.40. The third-order valence-corrected chi connectivity index (χ3v) is 2.92. The minimum absolute atomic E-state index is 0.560. The molecule has 1 atom stereocenters. The van der Waals surface area contributed by atoms with E-state index in [9.17, 15) is 4.79 Å². The van der Waals surface area contributed by atoms with Crippen molar-refractivity contribution in [3.8, 4) is 0 Å². The van der Waals surface area contributed by atoms with E-state index in [1.54, 1.807) is 5.38 Å². The van der Waals surface area contributed by atoms with Crippen molar-refractivity contribution in [1.29, 1.82) is 0 Å². The molecular formula is C8H11N3O2S. The van der Waals surface area contributed by atoms with E-state index >= 15 is 0 Å². The highest BCUT2D eigenvalue weighted by atomic mass is 32.1. The Morgan fingerprint density at radius 3 is 2.79 bits per heavy atom. The van der Waals surface area contributed by atoms with Crippen LogP contribution in [0.15, 0.2) is 5.38 Å². The van der Waals surface area contributed by atoms with Crippen LogP contribution in [0.5, 0.6) is 0 Å². The summed E-state index contributed by atoms with van der Waals surface area (Å²) in [6, 6.07) is -0.601. The second-order valence-electron chi connectivity index (χ2n) is 3.31. The first-order chi connectivity index (χ1) is 6.79. The number of nitrogens with zero attached hydrogens (tertiary/aromatic N) is 3. The summed E-state index contributed by atoms with van der Waals surface area (Å²) in [5.74, 6) is -0.834. The topological polar surface area (TPSA) is 66.3 Å². The average molecular weight is 213 g/mol. The van der Waals surface area contributed by atoms with E-state index in [0.717, 1.165) is 25.9 Å². The van der Waals surface area contributed by atoms with Gasteiger partial charge in [0.25, 0.3) is 0 Å². The van der Waals surface area contributed by atoms with Gasteiger partial charge in [-0.15, -0.1) is 5.10 Å². The van der Waals surface area contributed by atoms with Crippen LogP contribution in [0.3, 0.4) is 0 Å². The molecule has 1 aromatic rings. The molecular weight excluding hydrogens is 202 g/mol. The predicted molar refractivity (Wildman–Crippen MR) is 51.1 cm³/mol. The molecule has 1 aliphatic rings. The maximum Gasteiger partial charge on any atom is 0.327 e. The van der Waals surface area contributed by atoms with Crippen molar-refractivity contribution >= 4 is 17.5 Å². The van der Waals surface area contributed by atoms with Gasteiger partial charge in [0.15, 0.2) is 6.04 Å². The normalized spacial score (nSPS) is 19.7. The lowest BCUT2D eigenvalue weighted by molar-refractivity contribution is -0.143. The maximum atomic E-state index is 11.1. The van der Waals surface area contributed by atoms with Crippen molar-refractivity contribution in [2.24, 2.45) is 0 Å². The lowest BCUT2D eigenvalue weighted by Gasteiger charge is -2.21. The Morgan fingerprint density at radius 2 is 2.29 bits per heavy atom. The van der Waals surface area contributed by atoms with Crippen LogP contribution in [0.25, 0.3) is 0 Å². The molecule has 0 bridgehead atoms. The van der Waals surface area contributed by atoms with Crippen molar-refractivity contribution in [1.82, 2.24) is 14.5 Å². The number of carboxylic acids is 1. The summed E-state index contributed by atoms with van der Waals surface area (Å²) < 4.78 is 3.70. The Balaban J connectivity index is 2.19. The first kappa shape index (κ1) is 9.54. The van der Waals surface area contributed by atoms with Crippen molar-refractivity contribution < 1.29 is 9.90 Å². The van der Waals surface area contributed by atoms with Crippen LogP contribution < -0.4 is 0 Å². The summed E-state index contributed by atoms with van der Waals surface area (Å²) in [4.78, 5) is 13.0. The monoisotopic (exact) mass is 213 g/mol. The van der Waals surface area contributed by atoms with Gasteiger partial charge in [-0.1, -0.05) is 4.49 Å². The molecule has 0 amide bonds. The number of likely N-dealkylation sites (tertiary alicyclic amines) is 1. The van der Waals surface area contributed by atoms with E-state index in [4.69, 9.17) is 5.11 Å². The Bertz CT molecular complexity index is 308. The smallest absolute Gasteiger partial charge is 0.327 e. The second-order valence-corrected chi connectivity index (χ2v) is 3.92. The summed E-state index contributed by atoms with van der Waals surface area (Å²) in [5, 5.41) is 14.6. The van der Waals surface area contributed by atoms with Crippen molar-refractivity contribution in [3.05, 3.63) is 11.1 Å². The Morgan fingerprint density at radius 1 is 1.57 bits per heavy atom. The number of rotatable bonds is 3. The third kappa shape index (κ3) is 1.76. The summed E-state index contributed by atoms with van der Waals surface area (Å²) >= 11 is 1.19. The minimum Gasteiger partial charge on any atom is -0.480 e. The maximum absolute atomic E-state index is 11.1. The molecule has 5 nitrogen and oxygen atoms in total. The van der Waals surface area contributed by atoms with Gasteiger partial charge >= 0.3 is 5.97 Å². The molecule has 1 N–H and O–H groups in total.